The number of rotatable bonds is 4. The summed E-state index contributed by atoms with van der Waals surface area (Å²) in [6.07, 6.45) is -0.399. The van der Waals surface area contributed by atoms with E-state index in [2.05, 4.69) is 5.32 Å². The molecule has 1 aliphatic rings. The molecule has 1 fully saturated rings. The Morgan fingerprint density at radius 2 is 1.92 bits per heavy atom. The van der Waals surface area contributed by atoms with Crippen LogP contribution in [-0.4, -0.2) is 48.1 Å². The fourth-order valence-electron chi connectivity index (χ4n) is 3.08. The lowest BCUT2D eigenvalue weighted by atomic mass is 9.99. The second-order valence-corrected chi connectivity index (χ2v) is 6.38. The average Bonchev–Trinajstić information content (AvgIpc) is 2.65. The number of amides is 2. The zero-order valence-electron chi connectivity index (χ0n) is 14.8. The van der Waals surface area contributed by atoms with Crippen molar-refractivity contribution >= 4 is 17.5 Å². The fourth-order valence-corrected chi connectivity index (χ4v) is 3.08. The van der Waals surface area contributed by atoms with Gasteiger partial charge >= 0.3 is 0 Å². The van der Waals surface area contributed by atoms with E-state index in [0.717, 1.165) is 11.1 Å². The van der Waals surface area contributed by atoms with Gasteiger partial charge in [-0.1, -0.05) is 30.3 Å². The number of morpholine rings is 1. The van der Waals surface area contributed by atoms with Gasteiger partial charge in [0.05, 0.1) is 12.6 Å². The maximum atomic E-state index is 12.4. The Bertz CT molecular complexity index is 804. The number of ether oxygens (including phenoxy) is 1. The van der Waals surface area contributed by atoms with Gasteiger partial charge in [-0.3, -0.25) is 9.59 Å². The minimum Gasteiger partial charge on any atom is -0.394 e. The van der Waals surface area contributed by atoms with Gasteiger partial charge in [-0.15, -0.1) is 0 Å². The maximum absolute atomic E-state index is 12.4. The SMILES string of the molecule is Cc1ccccc1C(=O)Nc1ccc([C@H]2OCC(=O)N(C)[C@@H]2CO)cc1. The standard InChI is InChI=1S/C20H22N2O4/c1-13-5-3-4-6-16(13)20(25)21-15-9-7-14(8-10-15)19-17(11-23)22(2)18(24)12-26-19/h3-10,17,19,23H,11-12H2,1-2H3,(H,21,25)/t17-,19-/m1/s1. The Kier molecular flexibility index (Phi) is 5.35. The van der Waals surface area contributed by atoms with E-state index in [0.29, 0.717) is 11.3 Å². The molecule has 3 rings (SSSR count). The number of nitrogens with one attached hydrogen (secondary N) is 1. The van der Waals surface area contributed by atoms with Crippen molar-refractivity contribution in [1.82, 2.24) is 4.90 Å². The van der Waals surface area contributed by atoms with E-state index in [-0.39, 0.29) is 25.0 Å². The quantitative estimate of drug-likeness (QED) is 0.882. The predicted molar refractivity (Wildman–Crippen MR) is 97.9 cm³/mol. The lowest BCUT2D eigenvalue weighted by Gasteiger charge is -2.38. The van der Waals surface area contributed by atoms with Crippen molar-refractivity contribution in [2.75, 3.05) is 25.6 Å². The highest BCUT2D eigenvalue weighted by Crippen LogP contribution is 2.29. The lowest BCUT2D eigenvalue weighted by Crippen LogP contribution is -2.50. The first-order valence-corrected chi connectivity index (χ1v) is 8.46. The van der Waals surface area contributed by atoms with Gasteiger partial charge in [0.25, 0.3) is 5.91 Å². The van der Waals surface area contributed by atoms with Crippen LogP contribution in [0, 0.1) is 6.92 Å². The van der Waals surface area contributed by atoms with Crippen LogP contribution in [-0.2, 0) is 9.53 Å². The number of nitrogens with zero attached hydrogens (tertiary/aromatic N) is 1. The third-order valence-corrected chi connectivity index (χ3v) is 4.70. The number of anilines is 1. The molecule has 1 heterocycles. The number of aliphatic hydroxyl groups excluding tert-OH is 1. The molecule has 0 spiro atoms. The molecule has 2 atom stereocenters. The Morgan fingerprint density at radius 3 is 2.58 bits per heavy atom. The Morgan fingerprint density at radius 1 is 1.23 bits per heavy atom. The number of benzene rings is 2. The van der Waals surface area contributed by atoms with E-state index in [1.807, 2.05) is 37.3 Å². The van der Waals surface area contributed by atoms with Crippen molar-refractivity contribution in [3.63, 3.8) is 0 Å². The first-order chi connectivity index (χ1) is 12.5. The summed E-state index contributed by atoms with van der Waals surface area (Å²) in [4.78, 5) is 25.6. The van der Waals surface area contributed by atoms with Gasteiger partial charge in [0.2, 0.25) is 5.91 Å². The first kappa shape index (κ1) is 18.1. The van der Waals surface area contributed by atoms with Crippen molar-refractivity contribution < 1.29 is 19.4 Å². The molecular formula is C20H22N2O4. The average molecular weight is 354 g/mol. The fraction of sp³-hybridized carbons (Fsp3) is 0.300. The molecule has 2 N–H and O–H groups in total. The van der Waals surface area contributed by atoms with E-state index in [1.165, 1.54) is 4.90 Å². The smallest absolute Gasteiger partial charge is 0.255 e. The first-order valence-electron chi connectivity index (χ1n) is 8.46. The molecule has 2 amide bonds. The minimum atomic E-state index is -0.427. The van der Waals surface area contributed by atoms with Crippen LogP contribution in [0.5, 0.6) is 0 Å². The minimum absolute atomic E-state index is 0.0105. The topological polar surface area (TPSA) is 78.9 Å². The summed E-state index contributed by atoms with van der Waals surface area (Å²) in [5.74, 6) is -0.314. The van der Waals surface area contributed by atoms with E-state index in [9.17, 15) is 14.7 Å². The van der Waals surface area contributed by atoms with Crippen molar-refractivity contribution in [3.8, 4) is 0 Å². The summed E-state index contributed by atoms with van der Waals surface area (Å²) in [6, 6.07) is 14.2. The molecule has 136 valence electrons. The number of hydrogen-bond donors (Lipinski definition) is 2. The number of carbonyl (C=O) groups excluding carboxylic acids is 2. The number of likely N-dealkylation sites (N-methyl/N-ethyl adjacent to an activating group) is 1. The summed E-state index contributed by atoms with van der Waals surface area (Å²) in [5.41, 5.74) is 3.06. The predicted octanol–water partition coefficient (Wildman–Crippen LogP) is 2.14. The third-order valence-electron chi connectivity index (χ3n) is 4.70. The zero-order valence-corrected chi connectivity index (χ0v) is 14.8. The van der Waals surface area contributed by atoms with Crippen molar-refractivity contribution in [2.24, 2.45) is 0 Å². The molecule has 0 aromatic heterocycles. The van der Waals surface area contributed by atoms with Crippen LogP contribution < -0.4 is 5.32 Å². The Labute approximate surface area is 152 Å². The highest BCUT2D eigenvalue weighted by atomic mass is 16.5. The molecule has 0 radical (unpaired) electrons. The molecule has 0 aliphatic carbocycles. The second kappa shape index (κ2) is 7.68. The lowest BCUT2D eigenvalue weighted by molar-refractivity contribution is -0.157. The normalized spacial score (nSPS) is 20.1. The van der Waals surface area contributed by atoms with Gasteiger partial charge in [-0.05, 0) is 36.2 Å². The third kappa shape index (κ3) is 3.61. The Balaban J connectivity index is 1.73. The molecule has 1 aliphatic heterocycles. The second-order valence-electron chi connectivity index (χ2n) is 6.38. The van der Waals surface area contributed by atoms with Gasteiger partial charge in [-0.2, -0.15) is 0 Å². The highest BCUT2D eigenvalue weighted by molar-refractivity contribution is 6.05. The van der Waals surface area contributed by atoms with Crippen molar-refractivity contribution in [2.45, 2.75) is 19.1 Å². The molecule has 26 heavy (non-hydrogen) atoms. The van der Waals surface area contributed by atoms with E-state index in [4.69, 9.17) is 4.74 Å². The number of aryl methyl sites for hydroxylation is 1. The molecule has 2 aromatic rings. The van der Waals surface area contributed by atoms with Gasteiger partial charge in [0, 0.05) is 18.3 Å². The molecule has 6 nitrogen and oxygen atoms in total. The highest BCUT2D eigenvalue weighted by Gasteiger charge is 2.34. The number of aliphatic hydroxyl groups is 1. The molecular weight excluding hydrogens is 332 g/mol. The zero-order chi connectivity index (χ0) is 18.7. The number of carbonyl (C=O) groups is 2. The van der Waals surface area contributed by atoms with E-state index in [1.54, 1.807) is 25.2 Å². The van der Waals surface area contributed by atoms with Crippen molar-refractivity contribution in [1.29, 1.82) is 0 Å². The van der Waals surface area contributed by atoms with Crippen LogP contribution in [0.1, 0.15) is 27.6 Å². The van der Waals surface area contributed by atoms with Crippen LogP contribution in [0.25, 0.3) is 0 Å². The van der Waals surface area contributed by atoms with Crippen LogP contribution in [0.4, 0.5) is 5.69 Å². The van der Waals surface area contributed by atoms with Crippen LogP contribution in [0.3, 0.4) is 0 Å². The van der Waals surface area contributed by atoms with Crippen LogP contribution in [0.2, 0.25) is 0 Å². The summed E-state index contributed by atoms with van der Waals surface area (Å²) < 4.78 is 5.62. The molecule has 1 saturated heterocycles. The summed E-state index contributed by atoms with van der Waals surface area (Å²) in [7, 11) is 1.66. The molecule has 0 bridgehead atoms. The molecule has 2 aromatic carbocycles. The largest absolute Gasteiger partial charge is 0.394 e. The van der Waals surface area contributed by atoms with E-state index >= 15 is 0 Å². The molecule has 0 unspecified atom stereocenters. The number of hydrogen-bond acceptors (Lipinski definition) is 4. The van der Waals surface area contributed by atoms with Crippen LogP contribution >= 0.6 is 0 Å². The van der Waals surface area contributed by atoms with Gasteiger partial charge in [0.1, 0.15) is 12.7 Å². The van der Waals surface area contributed by atoms with Gasteiger partial charge in [-0.25, -0.2) is 0 Å². The van der Waals surface area contributed by atoms with Crippen LogP contribution in [0.15, 0.2) is 48.5 Å². The summed E-state index contributed by atoms with van der Waals surface area (Å²) in [5, 5.41) is 12.5. The Hall–Kier alpha value is -2.70. The maximum Gasteiger partial charge on any atom is 0.255 e. The van der Waals surface area contributed by atoms with E-state index < -0.39 is 12.1 Å². The summed E-state index contributed by atoms with van der Waals surface area (Å²) >= 11 is 0. The molecule has 6 heteroatoms. The van der Waals surface area contributed by atoms with Crippen molar-refractivity contribution in [3.05, 3.63) is 65.2 Å². The molecule has 0 saturated carbocycles. The van der Waals surface area contributed by atoms with Gasteiger partial charge in [0.15, 0.2) is 0 Å². The van der Waals surface area contributed by atoms with Gasteiger partial charge < -0.3 is 20.1 Å². The summed E-state index contributed by atoms with van der Waals surface area (Å²) in [6.45, 7) is 1.70. The monoisotopic (exact) mass is 354 g/mol.